The Hall–Kier alpha value is -1.71. The number of carbonyl (C=O) groups excluding carboxylic acids is 1. The molecule has 164 valence electrons. The van der Waals surface area contributed by atoms with Gasteiger partial charge < -0.3 is 15.0 Å². The first-order valence-electron chi connectivity index (χ1n) is 10.1. The molecule has 0 spiro atoms. The third-order valence-corrected chi connectivity index (χ3v) is 6.60. The fourth-order valence-corrected chi connectivity index (χ4v) is 4.01. The maximum Gasteiger partial charge on any atom is 0.224 e. The zero-order valence-electron chi connectivity index (χ0n) is 17.6. The number of anilines is 2. The van der Waals surface area contributed by atoms with E-state index in [0.717, 1.165) is 0 Å². The molecule has 1 amide bonds. The third kappa shape index (κ3) is 7.24. The zero-order valence-corrected chi connectivity index (χ0v) is 18.4. The van der Waals surface area contributed by atoms with Crippen LogP contribution < -0.4 is 14.9 Å². The van der Waals surface area contributed by atoms with Gasteiger partial charge >= 0.3 is 0 Å². The number of sulfonamides is 1. The van der Waals surface area contributed by atoms with Crippen molar-refractivity contribution < 1.29 is 22.3 Å². The molecule has 0 radical (unpaired) electrons. The van der Waals surface area contributed by atoms with Crippen molar-refractivity contribution >= 4 is 27.3 Å². The first kappa shape index (κ1) is 23.6. The lowest BCUT2D eigenvalue weighted by atomic mass is 10.1. The molecule has 1 saturated heterocycles. The van der Waals surface area contributed by atoms with E-state index in [0.29, 0.717) is 43.9 Å². The van der Waals surface area contributed by atoms with Crippen molar-refractivity contribution in [3.05, 3.63) is 24.0 Å². The Morgan fingerprint density at radius 3 is 2.52 bits per heavy atom. The first-order chi connectivity index (χ1) is 13.6. The summed E-state index contributed by atoms with van der Waals surface area (Å²) < 4.78 is 45.5. The predicted octanol–water partition coefficient (Wildman–Crippen LogP) is 2.88. The molecule has 7 nitrogen and oxygen atoms in total. The van der Waals surface area contributed by atoms with Crippen molar-refractivity contribution in [3.8, 4) is 0 Å². The highest BCUT2D eigenvalue weighted by Crippen LogP contribution is 2.30. The molecule has 0 saturated carbocycles. The molecule has 1 aromatic carbocycles. The second-order valence-corrected chi connectivity index (χ2v) is 10.1. The number of rotatable bonds is 9. The van der Waals surface area contributed by atoms with Crippen LogP contribution in [-0.2, 0) is 19.6 Å². The molecule has 1 aliphatic rings. The van der Waals surface area contributed by atoms with Crippen molar-refractivity contribution in [1.82, 2.24) is 4.72 Å². The molecule has 1 aromatic rings. The number of benzene rings is 1. The van der Waals surface area contributed by atoms with Crippen molar-refractivity contribution in [2.45, 2.75) is 64.4 Å². The number of unbranched alkanes of at least 4 members (excludes halogenated alkanes) is 1. The Bertz CT molecular complexity index is 791. The van der Waals surface area contributed by atoms with Gasteiger partial charge in [0.05, 0.1) is 28.8 Å². The number of hydrogen-bond donors (Lipinski definition) is 2. The van der Waals surface area contributed by atoms with E-state index in [1.165, 1.54) is 12.1 Å². The van der Waals surface area contributed by atoms with Crippen LogP contribution in [0.2, 0.25) is 0 Å². The van der Waals surface area contributed by atoms with Crippen LogP contribution in [0.25, 0.3) is 0 Å². The van der Waals surface area contributed by atoms with Crippen LogP contribution in [0.1, 0.15) is 47.0 Å². The molecule has 1 heterocycles. The molecule has 29 heavy (non-hydrogen) atoms. The normalized spacial score (nSPS) is 20.1. The molecule has 2 rings (SSSR count). The number of morpholine rings is 1. The summed E-state index contributed by atoms with van der Waals surface area (Å²) in [4.78, 5) is 14.4. The minimum absolute atomic E-state index is 0.0141. The summed E-state index contributed by atoms with van der Waals surface area (Å²) >= 11 is 0. The molecule has 0 aromatic heterocycles. The third-order valence-electron chi connectivity index (χ3n) is 4.75. The lowest BCUT2D eigenvalue weighted by molar-refractivity contribution is -0.116. The molecule has 1 fully saturated rings. The Balaban J connectivity index is 1.90. The minimum Gasteiger partial charge on any atom is -0.372 e. The van der Waals surface area contributed by atoms with Crippen LogP contribution in [0.3, 0.4) is 0 Å². The van der Waals surface area contributed by atoms with E-state index in [-0.39, 0.29) is 30.4 Å². The Morgan fingerprint density at radius 2 is 1.90 bits per heavy atom. The SMILES string of the molecule is CC(C)S(=O)(=O)NCCCCC(=O)Nc1ccc(F)cc1N1C[C@@H](C)O[C@@H](C)C1. The van der Waals surface area contributed by atoms with E-state index in [2.05, 4.69) is 10.0 Å². The van der Waals surface area contributed by atoms with Crippen molar-refractivity contribution in [3.63, 3.8) is 0 Å². The van der Waals surface area contributed by atoms with E-state index < -0.39 is 15.3 Å². The number of ether oxygens (including phenoxy) is 1. The van der Waals surface area contributed by atoms with Gasteiger partial charge in [0, 0.05) is 26.1 Å². The molecule has 2 N–H and O–H groups in total. The number of carbonyl (C=O) groups is 1. The summed E-state index contributed by atoms with van der Waals surface area (Å²) in [6, 6.07) is 4.33. The molecular weight excluding hydrogens is 397 g/mol. The van der Waals surface area contributed by atoms with Gasteiger partial charge in [-0.2, -0.15) is 0 Å². The second kappa shape index (κ2) is 10.4. The Kier molecular flexibility index (Phi) is 8.42. The summed E-state index contributed by atoms with van der Waals surface area (Å²) in [6.45, 7) is 8.71. The highest BCUT2D eigenvalue weighted by Gasteiger charge is 2.25. The lowest BCUT2D eigenvalue weighted by Crippen LogP contribution is -2.45. The smallest absolute Gasteiger partial charge is 0.224 e. The van der Waals surface area contributed by atoms with Crippen LogP contribution >= 0.6 is 0 Å². The lowest BCUT2D eigenvalue weighted by Gasteiger charge is -2.37. The first-order valence-corrected chi connectivity index (χ1v) is 11.6. The summed E-state index contributed by atoms with van der Waals surface area (Å²) in [7, 11) is -3.28. The topological polar surface area (TPSA) is 87.7 Å². The molecular formula is C20H32FN3O4S. The average Bonchev–Trinajstić information content (AvgIpc) is 2.61. The number of halogens is 1. The van der Waals surface area contributed by atoms with Gasteiger partial charge in [0.1, 0.15) is 5.82 Å². The van der Waals surface area contributed by atoms with E-state index >= 15 is 0 Å². The van der Waals surface area contributed by atoms with Gasteiger partial charge in [0.2, 0.25) is 15.9 Å². The maximum absolute atomic E-state index is 13.8. The second-order valence-electron chi connectivity index (χ2n) is 7.82. The van der Waals surface area contributed by atoms with Gasteiger partial charge in [-0.25, -0.2) is 17.5 Å². The van der Waals surface area contributed by atoms with Crippen LogP contribution in [0.5, 0.6) is 0 Å². The van der Waals surface area contributed by atoms with E-state index in [9.17, 15) is 17.6 Å². The molecule has 9 heteroatoms. The van der Waals surface area contributed by atoms with Crippen LogP contribution in [0, 0.1) is 5.82 Å². The number of nitrogens with zero attached hydrogens (tertiary/aromatic N) is 1. The highest BCUT2D eigenvalue weighted by atomic mass is 32.2. The molecule has 0 unspecified atom stereocenters. The zero-order chi connectivity index (χ0) is 21.6. The number of nitrogens with one attached hydrogen (secondary N) is 2. The number of amides is 1. The highest BCUT2D eigenvalue weighted by molar-refractivity contribution is 7.90. The van der Waals surface area contributed by atoms with Gasteiger partial charge in [-0.1, -0.05) is 0 Å². The van der Waals surface area contributed by atoms with E-state index in [4.69, 9.17) is 4.74 Å². The van der Waals surface area contributed by atoms with Crippen molar-refractivity contribution in [2.24, 2.45) is 0 Å². The summed E-state index contributed by atoms with van der Waals surface area (Å²) in [6.07, 6.45) is 1.40. The maximum atomic E-state index is 13.8. The van der Waals surface area contributed by atoms with Crippen LogP contribution in [0.15, 0.2) is 18.2 Å². The van der Waals surface area contributed by atoms with E-state index in [1.807, 2.05) is 18.7 Å². The molecule has 2 atom stereocenters. The van der Waals surface area contributed by atoms with Gasteiger partial charge in [-0.05, 0) is 58.7 Å². The average molecular weight is 430 g/mol. The minimum atomic E-state index is -3.28. The van der Waals surface area contributed by atoms with E-state index in [1.54, 1.807) is 19.9 Å². The van der Waals surface area contributed by atoms with Gasteiger partial charge in [0.25, 0.3) is 0 Å². The fourth-order valence-electron chi connectivity index (χ4n) is 3.25. The quantitative estimate of drug-likeness (QED) is 0.590. The Morgan fingerprint density at radius 1 is 1.24 bits per heavy atom. The van der Waals surface area contributed by atoms with Gasteiger partial charge in [0.15, 0.2) is 0 Å². The van der Waals surface area contributed by atoms with Crippen LogP contribution in [-0.4, -0.2) is 51.4 Å². The molecule has 1 aliphatic heterocycles. The Labute approximate surface area is 173 Å². The summed E-state index contributed by atoms with van der Waals surface area (Å²) in [5, 5.41) is 2.38. The standard InChI is InChI=1S/C20H32FN3O4S/c1-14(2)29(26,27)22-10-6-5-7-20(25)23-18-9-8-17(21)11-19(18)24-12-15(3)28-16(4)13-24/h8-9,11,14-16,22H,5-7,10,12-13H2,1-4H3,(H,23,25)/t15-,16+. The predicted molar refractivity (Wildman–Crippen MR) is 113 cm³/mol. The molecule has 0 aliphatic carbocycles. The monoisotopic (exact) mass is 429 g/mol. The number of hydrogen-bond acceptors (Lipinski definition) is 5. The fraction of sp³-hybridized carbons (Fsp3) is 0.650. The largest absolute Gasteiger partial charge is 0.372 e. The van der Waals surface area contributed by atoms with Crippen LogP contribution in [0.4, 0.5) is 15.8 Å². The summed E-state index contributed by atoms with van der Waals surface area (Å²) in [5.74, 6) is -0.541. The van der Waals surface area contributed by atoms with Gasteiger partial charge in [-0.3, -0.25) is 4.79 Å². The van der Waals surface area contributed by atoms with Crippen molar-refractivity contribution in [1.29, 1.82) is 0 Å². The van der Waals surface area contributed by atoms with Crippen molar-refractivity contribution in [2.75, 3.05) is 29.9 Å². The van der Waals surface area contributed by atoms with Gasteiger partial charge in [-0.15, -0.1) is 0 Å². The molecule has 0 bridgehead atoms. The summed E-state index contributed by atoms with van der Waals surface area (Å²) in [5.41, 5.74) is 1.21.